The number of morpholine rings is 2. The molecule has 2 N–H and O–H groups in total. The normalized spacial score (nSPS) is 21.1. The molecule has 0 aliphatic carbocycles. The van der Waals surface area contributed by atoms with Gasteiger partial charge < -0.3 is 19.7 Å². The molecule has 0 spiro atoms. The van der Waals surface area contributed by atoms with Crippen LogP contribution in [0.1, 0.15) is 34.5 Å². The Hall–Kier alpha value is -3.36. The van der Waals surface area contributed by atoms with Crippen molar-refractivity contribution in [3.8, 4) is 0 Å². The molecule has 42 heavy (non-hydrogen) atoms. The van der Waals surface area contributed by atoms with Gasteiger partial charge in [-0.3, -0.25) is 9.80 Å². The minimum Gasteiger partial charge on any atom is -0.386 e. The molecule has 0 unspecified atom stereocenters. The van der Waals surface area contributed by atoms with E-state index in [1.807, 2.05) is 72.8 Å². The van der Waals surface area contributed by atoms with Gasteiger partial charge in [-0.05, 0) is 22.3 Å². The minimum absolute atomic E-state index is 0.162. The van der Waals surface area contributed by atoms with Crippen LogP contribution in [0.5, 0.6) is 0 Å². The fourth-order valence-corrected chi connectivity index (χ4v) is 5.55. The molecule has 6 heteroatoms. The van der Waals surface area contributed by atoms with Gasteiger partial charge in [0, 0.05) is 39.3 Å². The van der Waals surface area contributed by atoms with Crippen molar-refractivity contribution in [2.45, 2.75) is 37.5 Å². The monoisotopic (exact) mass is 566 g/mol. The standard InChI is InChI=1S/2C18H21NO2/c2*20-18(16-9-5-2-6-10-16)17-14-19(11-12-21-17)13-15-7-3-1-4-8-15/h2*1-10,17-18,20H,11-14H2/t2*17-,18-/m10/s1. The number of aliphatic hydroxyl groups is 2. The Morgan fingerprint density at radius 3 is 1.21 bits per heavy atom. The summed E-state index contributed by atoms with van der Waals surface area (Å²) in [6.45, 7) is 6.48. The molecule has 2 fully saturated rings. The molecule has 6 rings (SSSR count). The van der Waals surface area contributed by atoms with Gasteiger partial charge in [-0.25, -0.2) is 0 Å². The highest BCUT2D eigenvalue weighted by Gasteiger charge is 2.29. The molecule has 2 saturated heterocycles. The first kappa shape index (κ1) is 30.1. The molecule has 6 nitrogen and oxygen atoms in total. The SMILES string of the molecule is O[C@@H](c1ccccc1)[C@@H]1CN(Cc2ccccc2)CCO1.O[C@H](c1ccccc1)[C@H]1CN(Cc2ccccc2)CCO1. The quantitative estimate of drug-likeness (QED) is 0.304. The first-order chi connectivity index (χ1) is 20.7. The van der Waals surface area contributed by atoms with Crippen molar-refractivity contribution in [1.82, 2.24) is 9.80 Å². The van der Waals surface area contributed by atoms with Crippen LogP contribution in [0, 0.1) is 0 Å². The smallest absolute Gasteiger partial charge is 0.106 e. The lowest BCUT2D eigenvalue weighted by molar-refractivity contribution is -0.0918. The molecule has 4 atom stereocenters. The molecule has 0 amide bonds. The third kappa shape index (κ3) is 8.82. The van der Waals surface area contributed by atoms with Crippen LogP contribution in [0.15, 0.2) is 121 Å². The Balaban J connectivity index is 0.000000168. The van der Waals surface area contributed by atoms with Crippen molar-refractivity contribution < 1.29 is 19.7 Å². The van der Waals surface area contributed by atoms with E-state index in [-0.39, 0.29) is 12.2 Å². The predicted molar refractivity (Wildman–Crippen MR) is 166 cm³/mol. The van der Waals surface area contributed by atoms with E-state index in [4.69, 9.17) is 9.47 Å². The number of nitrogens with zero attached hydrogens (tertiary/aromatic N) is 2. The van der Waals surface area contributed by atoms with E-state index in [2.05, 4.69) is 58.3 Å². The fourth-order valence-electron chi connectivity index (χ4n) is 5.55. The Bertz CT molecular complexity index is 1190. The van der Waals surface area contributed by atoms with E-state index < -0.39 is 12.2 Å². The van der Waals surface area contributed by atoms with E-state index in [1.54, 1.807) is 0 Å². The van der Waals surface area contributed by atoms with Gasteiger partial charge in [0.15, 0.2) is 0 Å². The van der Waals surface area contributed by atoms with E-state index in [9.17, 15) is 10.2 Å². The zero-order valence-electron chi connectivity index (χ0n) is 24.1. The summed E-state index contributed by atoms with van der Waals surface area (Å²) >= 11 is 0. The number of rotatable bonds is 8. The van der Waals surface area contributed by atoms with Crippen LogP contribution in [0.3, 0.4) is 0 Å². The molecule has 0 bridgehead atoms. The van der Waals surface area contributed by atoms with Gasteiger partial charge in [-0.1, -0.05) is 121 Å². The van der Waals surface area contributed by atoms with Crippen molar-refractivity contribution in [2.24, 2.45) is 0 Å². The summed E-state index contributed by atoms with van der Waals surface area (Å²) in [5.41, 5.74) is 4.44. The highest BCUT2D eigenvalue weighted by Crippen LogP contribution is 2.24. The fraction of sp³-hybridized carbons (Fsp3) is 0.333. The average molecular weight is 567 g/mol. The zero-order chi connectivity index (χ0) is 29.0. The highest BCUT2D eigenvalue weighted by molar-refractivity contribution is 5.20. The first-order valence-electron chi connectivity index (χ1n) is 14.9. The highest BCUT2D eigenvalue weighted by atomic mass is 16.5. The molecule has 4 aromatic carbocycles. The van der Waals surface area contributed by atoms with Crippen molar-refractivity contribution in [2.75, 3.05) is 39.4 Å². The summed E-state index contributed by atoms with van der Waals surface area (Å²) in [4.78, 5) is 4.69. The molecule has 2 heterocycles. The van der Waals surface area contributed by atoms with Crippen molar-refractivity contribution in [3.05, 3.63) is 144 Å². The molecule has 220 valence electrons. The summed E-state index contributed by atoms with van der Waals surface area (Å²) in [6, 6.07) is 40.4. The van der Waals surface area contributed by atoms with Crippen LogP contribution in [0.25, 0.3) is 0 Å². The van der Waals surface area contributed by atoms with Gasteiger partial charge in [0.25, 0.3) is 0 Å². The van der Waals surface area contributed by atoms with Crippen LogP contribution < -0.4 is 0 Å². The Labute approximate surface area is 249 Å². The molecule has 2 aliphatic rings. The summed E-state index contributed by atoms with van der Waals surface area (Å²) in [6.07, 6.45) is -1.45. The second-order valence-corrected chi connectivity index (χ2v) is 11.0. The van der Waals surface area contributed by atoms with Crippen molar-refractivity contribution >= 4 is 0 Å². The van der Waals surface area contributed by atoms with Crippen LogP contribution in [0.2, 0.25) is 0 Å². The Morgan fingerprint density at radius 2 is 0.857 bits per heavy atom. The van der Waals surface area contributed by atoms with Gasteiger partial charge in [0.1, 0.15) is 24.4 Å². The summed E-state index contributed by atoms with van der Waals surface area (Å²) in [5, 5.41) is 21.0. The lowest BCUT2D eigenvalue weighted by Gasteiger charge is -2.35. The van der Waals surface area contributed by atoms with Gasteiger partial charge in [0.05, 0.1) is 13.2 Å². The number of benzene rings is 4. The van der Waals surface area contributed by atoms with Crippen molar-refractivity contribution in [3.63, 3.8) is 0 Å². The molecule has 2 aliphatic heterocycles. The van der Waals surface area contributed by atoms with E-state index in [0.29, 0.717) is 13.2 Å². The van der Waals surface area contributed by atoms with Crippen molar-refractivity contribution in [1.29, 1.82) is 0 Å². The van der Waals surface area contributed by atoms with Gasteiger partial charge in [-0.2, -0.15) is 0 Å². The number of hydrogen-bond donors (Lipinski definition) is 2. The van der Waals surface area contributed by atoms with Gasteiger partial charge in [0.2, 0.25) is 0 Å². The molecule has 0 saturated carbocycles. The topological polar surface area (TPSA) is 65.4 Å². The van der Waals surface area contributed by atoms with Gasteiger partial charge >= 0.3 is 0 Å². The summed E-state index contributed by atoms with van der Waals surface area (Å²) in [5.74, 6) is 0. The van der Waals surface area contributed by atoms with E-state index in [0.717, 1.165) is 50.4 Å². The lowest BCUT2D eigenvalue weighted by Crippen LogP contribution is -2.44. The maximum absolute atomic E-state index is 10.5. The van der Waals surface area contributed by atoms with Crippen LogP contribution in [-0.2, 0) is 22.6 Å². The minimum atomic E-state index is -0.565. The van der Waals surface area contributed by atoms with Gasteiger partial charge in [-0.15, -0.1) is 0 Å². The Kier molecular flexibility index (Phi) is 11.3. The van der Waals surface area contributed by atoms with Crippen LogP contribution in [0.4, 0.5) is 0 Å². The molecule has 4 aromatic rings. The van der Waals surface area contributed by atoms with E-state index >= 15 is 0 Å². The second-order valence-electron chi connectivity index (χ2n) is 11.0. The lowest BCUT2D eigenvalue weighted by atomic mass is 10.0. The maximum atomic E-state index is 10.5. The largest absolute Gasteiger partial charge is 0.386 e. The summed E-state index contributed by atoms with van der Waals surface area (Å²) in [7, 11) is 0. The zero-order valence-corrected chi connectivity index (χ0v) is 24.1. The van der Waals surface area contributed by atoms with Crippen LogP contribution >= 0.6 is 0 Å². The average Bonchev–Trinajstić information content (AvgIpc) is 3.06. The predicted octanol–water partition coefficient (Wildman–Crippen LogP) is 5.24. The third-order valence-electron chi connectivity index (χ3n) is 7.84. The Morgan fingerprint density at radius 1 is 0.524 bits per heavy atom. The first-order valence-corrected chi connectivity index (χ1v) is 14.9. The second kappa shape index (κ2) is 15.8. The molecular weight excluding hydrogens is 524 g/mol. The molecule has 0 radical (unpaired) electrons. The molecular formula is C36H42N2O4. The molecule has 0 aromatic heterocycles. The summed E-state index contributed by atoms with van der Waals surface area (Å²) < 4.78 is 11.5. The number of ether oxygens (including phenoxy) is 2. The maximum Gasteiger partial charge on any atom is 0.106 e. The van der Waals surface area contributed by atoms with Crippen LogP contribution in [-0.4, -0.2) is 71.6 Å². The number of hydrogen-bond acceptors (Lipinski definition) is 6. The number of aliphatic hydroxyl groups excluding tert-OH is 2. The third-order valence-corrected chi connectivity index (χ3v) is 7.84. The van der Waals surface area contributed by atoms with E-state index in [1.165, 1.54) is 11.1 Å².